The Morgan fingerprint density at radius 1 is 1.24 bits per heavy atom. The lowest BCUT2D eigenvalue weighted by Crippen LogP contribution is -2.46. The summed E-state index contributed by atoms with van der Waals surface area (Å²) in [5, 5.41) is 2.87. The van der Waals surface area contributed by atoms with E-state index in [1.807, 2.05) is 25.1 Å². The summed E-state index contributed by atoms with van der Waals surface area (Å²) in [6, 6.07) is 5.65. The summed E-state index contributed by atoms with van der Waals surface area (Å²) in [5.74, 6) is -0.350. The predicted octanol–water partition coefficient (Wildman–Crippen LogP) is 3.34. The van der Waals surface area contributed by atoms with Crippen LogP contribution in [0.1, 0.15) is 32.3 Å². The number of carbonyl (C=O) groups is 2. The maximum Gasteiger partial charge on any atom is 0.239 e. The topological polar surface area (TPSA) is 49.4 Å². The van der Waals surface area contributed by atoms with Gasteiger partial charge in [0.05, 0.1) is 0 Å². The Labute approximate surface area is 134 Å². The number of benzene rings is 1. The standard InChI is InChI=1S/C16H21BrN2O2/c1-11-10-12(17)6-7-13(11)18-14(20)16(2,3)15(21)19-8-4-5-9-19/h6-7,10H,4-5,8-9H2,1-3H3,(H,18,20). The Bertz CT molecular complexity index is 563. The fraction of sp³-hybridized carbons (Fsp3) is 0.500. The van der Waals surface area contributed by atoms with Crippen LogP contribution in [0.2, 0.25) is 0 Å². The third kappa shape index (κ3) is 3.46. The highest BCUT2D eigenvalue weighted by Gasteiger charge is 2.40. The van der Waals surface area contributed by atoms with Crippen molar-refractivity contribution in [2.75, 3.05) is 18.4 Å². The highest BCUT2D eigenvalue weighted by Crippen LogP contribution is 2.26. The van der Waals surface area contributed by atoms with Crippen LogP contribution in [0.15, 0.2) is 22.7 Å². The Hall–Kier alpha value is -1.36. The molecule has 1 N–H and O–H groups in total. The van der Waals surface area contributed by atoms with Crippen molar-refractivity contribution < 1.29 is 9.59 Å². The van der Waals surface area contributed by atoms with Crippen molar-refractivity contribution in [1.82, 2.24) is 4.90 Å². The summed E-state index contributed by atoms with van der Waals surface area (Å²) >= 11 is 3.40. The van der Waals surface area contributed by atoms with E-state index in [-0.39, 0.29) is 11.8 Å². The fourth-order valence-electron chi connectivity index (χ4n) is 2.46. The molecule has 2 amide bonds. The number of aryl methyl sites for hydroxylation is 1. The zero-order valence-electron chi connectivity index (χ0n) is 12.7. The van der Waals surface area contributed by atoms with Gasteiger partial charge in [-0.2, -0.15) is 0 Å². The van der Waals surface area contributed by atoms with E-state index in [0.29, 0.717) is 0 Å². The van der Waals surface area contributed by atoms with Crippen LogP contribution < -0.4 is 5.32 Å². The lowest BCUT2D eigenvalue weighted by atomic mass is 9.90. The van der Waals surface area contributed by atoms with Gasteiger partial charge in [-0.05, 0) is 57.4 Å². The predicted molar refractivity (Wildman–Crippen MR) is 87.1 cm³/mol. The third-order valence-electron chi connectivity index (χ3n) is 3.93. The summed E-state index contributed by atoms with van der Waals surface area (Å²) in [6.07, 6.45) is 2.05. The Balaban J connectivity index is 2.12. The van der Waals surface area contributed by atoms with E-state index >= 15 is 0 Å². The summed E-state index contributed by atoms with van der Waals surface area (Å²) < 4.78 is 0.963. The number of nitrogens with zero attached hydrogens (tertiary/aromatic N) is 1. The first-order chi connectivity index (χ1) is 9.82. The molecule has 4 nitrogen and oxygen atoms in total. The van der Waals surface area contributed by atoms with Gasteiger partial charge >= 0.3 is 0 Å². The van der Waals surface area contributed by atoms with Gasteiger partial charge in [0.2, 0.25) is 11.8 Å². The molecule has 2 rings (SSSR count). The monoisotopic (exact) mass is 352 g/mol. The van der Waals surface area contributed by atoms with E-state index in [0.717, 1.165) is 41.7 Å². The molecule has 5 heteroatoms. The molecule has 1 heterocycles. The van der Waals surface area contributed by atoms with Crippen LogP contribution in [-0.4, -0.2) is 29.8 Å². The van der Waals surface area contributed by atoms with Crippen molar-refractivity contribution in [2.45, 2.75) is 33.6 Å². The first-order valence-electron chi connectivity index (χ1n) is 7.19. The van der Waals surface area contributed by atoms with Crippen LogP contribution in [-0.2, 0) is 9.59 Å². The van der Waals surface area contributed by atoms with E-state index < -0.39 is 5.41 Å². The van der Waals surface area contributed by atoms with Crippen LogP contribution >= 0.6 is 15.9 Å². The third-order valence-corrected chi connectivity index (χ3v) is 4.43. The van der Waals surface area contributed by atoms with Crippen molar-refractivity contribution in [1.29, 1.82) is 0 Å². The van der Waals surface area contributed by atoms with Crippen LogP contribution in [0.5, 0.6) is 0 Å². The van der Waals surface area contributed by atoms with Crippen molar-refractivity contribution in [3.8, 4) is 0 Å². The van der Waals surface area contributed by atoms with Crippen LogP contribution in [0.25, 0.3) is 0 Å². The normalized spacial score (nSPS) is 15.1. The zero-order valence-corrected chi connectivity index (χ0v) is 14.3. The molecule has 0 aromatic heterocycles. The number of nitrogens with one attached hydrogen (secondary N) is 1. The molecule has 0 atom stereocenters. The van der Waals surface area contributed by atoms with E-state index in [9.17, 15) is 9.59 Å². The molecule has 0 saturated carbocycles. The zero-order chi connectivity index (χ0) is 15.6. The summed E-state index contributed by atoms with van der Waals surface area (Å²) in [5.41, 5.74) is 0.650. The first-order valence-corrected chi connectivity index (χ1v) is 7.98. The molecule has 21 heavy (non-hydrogen) atoms. The van der Waals surface area contributed by atoms with Crippen LogP contribution in [0, 0.1) is 12.3 Å². The molecule has 0 aliphatic carbocycles. The van der Waals surface area contributed by atoms with Crippen LogP contribution in [0.4, 0.5) is 5.69 Å². The number of anilines is 1. The van der Waals surface area contributed by atoms with Crippen molar-refractivity contribution in [2.24, 2.45) is 5.41 Å². The molecule has 0 spiro atoms. The Kier molecular flexibility index (Phi) is 4.71. The smallest absolute Gasteiger partial charge is 0.239 e. The first kappa shape index (κ1) is 16.0. The van der Waals surface area contributed by atoms with Gasteiger partial charge in [0, 0.05) is 23.2 Å². The van der Waals surface area contributed by atoms with Gasteiger partial charge in [-0.3, -0.25) is 9.59 Å². The molecule has 0 bridgehead atoms. The fourth-order valence-corrected chi connectivity index (χ4v) is 2.93. The van der Waals surface area contributed by atoms with Gasteiger partial charge in [0.15, 0.2) is 0 Å². The summed E-state index contributed by atoms with van der Waals surface area (Å²) in [4.78, 5) is 26.8. The average molecular weight is 353 g/mol. The molecule has 1 aliphatic rings. The van der Waals surface area contributed by atoms with Gasteiger partial charge in [-0.25, -0.2) is 0 Å². The Morgan fingerprint density at radius 2 is 1.86 bits per heavy atom. The van der Waals surface area contributed by atoms with Gasteiger partial charge < -0.3 is 10.2 Å². The molecule has 1 saturated heterocycles. The van der Waals surface area contributed by atoms with E-state index in [2.05, 4.69) is 21.2 Å². The number of rotatable bonds is 3. The highest BCUT2D eigenvalue weighted by molar-refractivity contribution is 9.10. The van der Waals surface area contributed by atoms with E-state index in [1.165, 1.54) is 0 Å². The van der Waals surface area contributed by atoms with Gasteiger partial charge in [-0.1, -0.05) is 15.9 Å². The van der Waals surface area contributed by atoms with E-state index in [1.54, 1.807) is 18.7 Å². The second-order valence-electron chi connectivity index (χ2n) is 6.04. The van der Waals surface area contributed by atoms with Gasteiger partial charge in [0.1, 0.15) is 5.41 Å². The SMILES string of the molecule is Cc1cc(Br)ccc1NC(=O)C(C)(C)C(=O)N1CCCC1. The lowest BCUT2D eigenvalue weighted by molar-refractivity contribution is -0.145. The molecule has 1 aliphatic heterocycles. The molecule has 1 aromatic rings. The number of hydrogen-bond acceptors (Lipinski definition) is 2. The quantitative estimate of drug-likeness (QED) is 0.848. The number of likely N-dealkylation sites (tertiary alicyclic amines) is 1. The van der Waals surface area contributed by atoms with Gasteiger partial charge in [0.25, 0.3) is 0 Å². The molecular formula is C16H21BrN2O2. The largest absolute Gasteiger partial charge is 0.342 e. The molecule has 1 aromatic carbocycles. The van der Waals surface area contributed by atoms with Crippen molar-refractivity contribution in [3.05, 3.63) is 28.2 Å². The lowest BCUT2D eigenvalue weighted by Gasteiger charge is -2.28. The number of hydrogen-bond donors (Lipinski definition) is 1. The van der Waals surface area contributed by atoms with E-state index in [4.69, 9.17) is 0 Å². The highest BCUT2D eigenvalue weighted by atomic mass is 79.9. The number of amides is 2. The van der Waals surface area contributed by atoms with Crippen molar-refractivity contribution >= 4 is 33.4 Å². The second-order valence-corrected chi connectivity index (χ2v) is 6.95. The molecule has 114 valence electrons. The second kappa shape index (κ2) is 6.18. The Morgan fingerprint density at radius 3 is 2.43 bits per heavy atom. The molecule has 0 unspecified atom stereocenters. The minimum atomic E-state index is -1.05. The van der Waals surface area contributed by atoms with Crippen LogP contribution in [0.3, 0.4) is 0 Å². The minimum absolute atomic E-state index is 0.0905. The minimum Gasteiger partial charge on any atom is -0.342 e. The number of halogens is 1. The maximum atomic E-state index is 12.5. The number of carbonyl (C=O) groups excluding carboxylic acids is 2. The summed E-state index contributed by atoms with van der Waals surface area (Å²) in [7, 11) is 0. The summed E-state index contributed by atoms with van der Waals surface area (Å²) in [6.45, 7) is 6.82. The molecule has 1 fully saturated rings. The average Bonchev–Trinajstić information content (AvgIpc) is 2.94. The van der Waals surface area contributed by atoms with Gasteiger partial charge in [-0.15, -0.1) is 0 Å². The maximum absolute atomic E-state index is 12.5. The molecular weight excluding hydrogens is 332 g/mol. The molecule has 0 radical (unpaired) electrons. The van der Waals surface area contributed by atoms with Crippen molar-refractivity contribution in [3.63, 3.8) is 0 Å².